The minimum absolute atomic E-state index is 0.106. The zero-order valence-electron chi connectivity index (χ0n) is 17.0. The van der Waals surface area contributed by atoms with Crippen molar-refractivity contribution in [1.82, 2.24) is 0 Å². The van der Waals surface area contributed by atoms with Crippen LogP contribution in [0.2, 0.25) is 0 Å². The number of nitrogens with zero attached hydrogens (tertiary/aromatic N) is 1. The Kier molecular flexibility index (Phi) is 11.2. The number of halogens is 2. The van der Waals surface area contributed by atoms with Crippen LogP contribution in [0.15, 0.2) is 35.5 Å². The van der Waals surface area contributed by atoms with Gasteiger partial charge in [0.2, 0.25) is 0 Å². The van der Waals surface area contributed by atoms with Gasteiger partial charge in [-0.25, -0.2) is 8.78 Å². The van der Waals surface area contributed by atoms with Crippen LogP contribution in [0.4, 0.5) is 8.78 Å². The highest BCUT2D eigenvalue weighted by Crippen LogP contribution is 2.29. The summed E-state index contributed by atoms with van der Waals surface area (Å²) in [5.41, 5.74) is 0.978. The Morgan fingerprint density at radius 1 is 1.29 bits per heavy atom. The van der Waals surface area contributed by atoms with E-state index >= 15 is 0 Å². The maximum atomic E-state index is 13.6. The molecular weight excluding hydrogens is 368 g/mol. The van der Waals surface area contributed by atoms with Gasteiger partial charge in [0.1, 0.15) is 12.8 Å². The second-order valence-corrected chi connectivity index (χ2v) is 7.07. The summed E-state index contributed by atoms with van der Waals surface area (Å²) in [7, 11) is 0. The fourth-order valence-corrected chi connectivity index (χ4v) is 2.82. The molecule has 1 aromatic carbocycles. The van der Waals surface area contributed by atoms with Crippen molar-refractivity contribution in [3.05, 3.63) is 35.9 Å². The Hall–Kier alpha value is -1.57. The van der Waals surface area contributed by atoms with Crippen molar-refractivity contribution in [2.24, 2.45) is 17.0 Å². The lowest BCUT2D eigenvalue weighted by molar-refractivity contribution is -0.112. The van der Waals surface area contributed by atoms with Gasteiger partial charge in [0, 0.05) is 11.8 Å². The van der Waals surface area contributed by atoms with E-state index in [0.717, 1.165) is 18.2 Å². The number of hydrogen-bond donors (Lipinski definition) is 2. The predicted octanol–water partition coefficient (Wildman–Crippen LogP) is 4.02. The van der Waals surface area contributed by atoms with Gasteiger partial charge in [-0.1, -0.05) is 63.2 Å². The van der Waals surface area contributed by atoms with Gasteiger partial charge >= 0.3 is 0 Å². The molecule has 0 amide bonds. The highest BCUT2D eigenvalue weighted by atomic mass is 19.1. The van der Waals surface area contributed by atoms with Gasteiger partial charge in [-0.15, -0.1) is 0 Å². The Balaban J connectivity index is 0.000000330. The van der Waals surface area contributed by atoms with Crippen molar-refractivity contribution in [2.45, 2.75) is 78.0 Å². The van der Waals surface area contributed by atoms with E-state index in [1.165, 1.54) is 0 Å². The van der Waals surface area contributed by atoms with E-state index in [0.29, 0.717) is 13.0 Å². The quantitative estimate of drug-likeness (QED) is 0.510. The lowest BCUT2D eigenvalue weighted by atomic mass is 9.98. The molecule has 0 radical (unpaired) electrons. The average Bonchev–Trinajstić information content (AvgIpc) is 2.97. The zero-order valence-corrected chi connectivity index (χ0v) is 17.0. The normalized spacial score (nSPS) is 27.7. The van der Waals surface area contributed by atoms with Crippen LogP contribution in [0.1, 0.15) is 46.1 Å². The molecule has 160 valence electrons. The fraction of sp³-hybridized carbons (Fsp3) is 0.667. The van der Waals surface area contributed by atoms with Crippen molar-refractivity contribution in [3.8, 4) is 0 Å². The molecular formula is C21H33F2NO4. The largest absolute Gasteiger partial charge is 0.393 e. The van der Waals surface area contributed by atoms with E-state index in [2.05, 4.69) is 5.16 Å². The number of ether oxygens (including phenoxy) is 1. The van der Waals surface area contributed by atoms with E-state index in [9.17, 15) is 13.9 Å². The summed E-state index contributed by atoms with van der Waals surface area (Å²) < 4.78 is 31.3. The molecule has 1 aliphatic rings. The van der Waals surface area contributed by atoms with E-state index in [1.807, 2.05) is 44.2 Å². The van der Waals surface area contributed by atoms with E-state index in [1.54, 1.807) is 13.8 Å². The maximum absolute atomic E-state index is 13.6. The van der Waals surface area contributed by atoms with Crippen LogP contribution in [-0.4, -0.2) is 47.3 Å². The molecule has 28 heavy (non-hydrogen) atoms. The maximum Gasteiger partial charge on any atom is 0.186 e. The van der Waals surface area contributed by atoms with Gasteiger partial charge in [0.05, 0.1) is 18.4 Å². The molecule has 7 heteroatoms. The van der Waals surface area contributed by atoms with Gasteiger partial charge in [-0.2, -0.15) is 0 Å². The molecule has 0 aliphatic carbocycles. The van der Waals surface area contributed by atoms with Crippen molar-refractivity contribution in [3.63, 3.8) is 0 Å². The minimum Gasteiger partial charge on any atom is -0.393 e. The second kappa shape index (κ2) is 12.8. The first kappa shape index (κ1) is 24.5. The number of oxime groups is 1. The fourth-order valence-electron chi connectivity index (χ4n) is 2.82. The molecule has 1 fully saturated rings. The van der Waals surface area contributed by atoms with Crippen LogP contribution >= 0.6 is 0 Å². The average molecular weight is 401 g/mol. The zero-order chi connectivity index (χ0) is 21.1. The molecule has 1 saturated heterocycles. The van der Waals surface area contributed by atoms with Gasteiger partial charge in [0.25, 0.3) is 0 Å². The predicted molar refractivity (Wildman–Crippen MR) is 105 cm³/mol. The number of hydrogen-bond acceptors (Lipinski definition) is 5. The first-order valence-electron chi connectivity index (χ1n) is 9.80. The number of alkyl halides is 2. The highest BCUT2D eigenvalue weighted by Gasteiger charge is 2.40. The molecule has 1 unspecified atom stereocenters. The van der Waals surface area contributed by atoms with Crippen LogP contribution < -0.4 is 0 Å². The van der Waals surface area contributed by atoms with Crippen LogP contribution in [0.5, 0.6) is 0 Å². The van der Waals surface area contributed by atoms with Crippen LogP contribution in [0.3, 0.4) is 0 Å². The summed E-state index contributed by atoms with van der Waals surface area (Å²) in [6.07, 6.45) is -2.06. The van der Waals surface area contributed by atoms with Gasteiger partial charge in [-0.3, -0.25) is 0 Å². The first-order chi connectivity index (χ1) is 13.3. The first-order valence-corrected chi connectivity index (χ1v) is 9.80. The molecule has 0 bridgehead atoms. The van der Waals surface area contributed by atoms with Gasteiger partial charge < -0.3 is 19.8 Å². The topological polar surface area (TPSA) is 71.3 Å². The lowest BCUT2D eigenvalue weighted by Crippen LogP contribution is -2.27. The van der Waals surface area contributed by atoms with Crippen LogP contribution in [0, 0.1) is 11.8 Å². The molecule has 1 heterocycles. The number of rotatable bonds is 8. The lowest BCUT2D eigenvalue weighted by Gasteiger charge is -2.17. The number of aliphatic hydroxyl groups is 2. The van der Waals surface area contributed by atoms with E-state index < -0.39 is 30.7 Å². The third-order valence-corrected chi connectivity index (χ3v) is 4.96. The monoisotopic (exact) mass is 401 g/mol. The summed E-state index contributed by atoms with van der Waals surface area (Å²) in [5.74, 6) is -0.640. The molecule has 0 saturated carbocycles. The standard InChI is InChI=1S/C14H20FNO2.C7H13FO2/c1-3-14(17)11(2)13(15)9-16-18-10-12-7-5-4-6-8-12;1-3-5-4(2)6(8)7(9)10-5/h4-9,11,13-14,17H,3,10H2,1-2H3;4-7,9H,3H2,1-2H3/t11-,13+,14+;4-,5-,6+,7?/m01/s1. The van der Waals surface area contributed by atoms with E-state index in [4.69, 9.17) is 14.7 Å². The summed E-state index contributed by atoms with van der Waals surface area (Å²) in [4.78, 5) is 5.00. The Bertz CT molecular complexity index is 561. The van der Waals surface area contributed by atoms with Crippen LogP contribution in [0.25, 0.3) is 0 Å². The van der Waals surface area contributed by atoms with Crippen molar-refractivity contribution >= 4 is 6.21 Å². The molecule has 1 aromatic rings. The summed E-state index contributed by atoms with van der Waals surface area (Å²) >= 11 is 0. The minimum atomic E-state index is -1.30. The number of benzene rings is 1. The second-order valence-electron chi connectivity index (χ2n) is 7.07. The third kappa shape index (κ3) is 7.81. The highest BCUT2D eigenvalue weighted by molar-refractivity contribution is 5.62. The smallest absolute Gasteiger partial charge is 0.186 e. The summed E-state index contributed by atoms with van der Waals surface area (Å²) in [6, 6.07) is 9.54. The summed E-state index contributed by atoms with van der Waals surface area (Å²) in [5, 5.41) is 22.0. The molecule has 0 aromatic heterocycles. The SMILES string of the molecule is CC[C@@H](O)[C@@H](C)[C@H](F)C=NOCc1ccccc1.CC[C@H]1OC(O)[C@@H](F)[C@@H]1C. The van der Waals surface area contributed by atoms with Crippen molar-refractivity contribution in [2.75, 3.05) is 0 Å². The third-order valence-electron chi connectivity index (χ3n) is 4.96. The molecule has 7 atom stereocenters. The van der Waals surface area contributed by atoms with Crippen molar-refractivity contribution in [1.29, 1.82) is 0 Å². The summed E-state index contributed by atoms with van der Waals surface area (Å²) in [6.45, 7) is 7.47. The molecule has 5 nitrogen and oxygen atoms in total. The Morgan fingerprint density at radius 2 is 1.93 bits per heavy atom. The Morgan fingerprint density at radius 3 is 2.39 bits per heavy atom. The van der Waals surface area contributed by atoms with E-state index in [-0.39, 0.29) is 12.0 Å². The molecule has 2 N–H and O–H groups in total. The molecule has 1 aliphatic heterocycles. The molecule has 2 rings (SSSR count). The van der Waals surface area contributed by atoms with Crippen LogP contribution in [-0.2, 0) is 16.2 Å². The molecule has 0 spiro atoms. The van der Waals surface area contributed by atoms with Crippen molar-refractivity contribution < 1.29 is 28.6 Å². The Labute approximate surface area is 166 Å². The number of aliphatic hydroxyl groups excluding tert-OH is 2. The van der Waals surface area contributed by atoms with Gasteiger partial charge in [0.15, 0.2) is 12.5 Å². The van der Waals surface area contributed by atoms with Gasteiger partial charge in [-0.05, 0) is 18.4 Å².